The standard InChI is InChI=1S/C19H23N3O3/c1-9-7-6-8-11-14(9)20-17(25)19(11)13-12(10(2)21-19)15(23)22(16(13)24)18(3,4)5/h6-8,10,12-13,21H,1-5H3,(H,20,25)/t10-,12+,13-,19+/m0/s1. The van der Waals surface area contributed by atoms with Crippen LogP contribution in [0.15, 0.2) is 18.2 Å². The highest BCUT2D eigenvalue weighted by molar-refractivity contribution is 6.15. The van der Waals surface area contributed by atoms with Crippen molar-refractivity contribution in [3.05, 3.63) is 29.3 Å². The van der Waals surface area contributed by atoms with Crippen LogP contribution in [0.4, 0.5) is 5.69 Å². The van der Waals surface area contributed by atoms with Crippen molar-refractivity contribution in [3.63, 3.8) is 0 Å². The van der Waals surface area contributed by atoms with Crippen LogP contribution in [-0.4, -0.2) is 34.2 Å². The van der Waals surface area contributed by atoms with Crippen LogP contribution in [-0.2, 0) is 19.9 Å². The van der Waals surface area contributed by atoms with Crippen molar-refractivity contribution in [1.29, 1.82) is 0 Å². The number of nitrogens with one attached hydrogen (secondary N) is 2. The first-order chi connectivity index (χ1) is 11.6. The van der Waals surface area contributed by atoms with Crippen molar-refractivity contribution < 1.29 is 14.4 Å². The molecule has 0 saturated carbocycles. The van der Waals surface area contributed by atoms with Gasteiger partial charge in [0.05, 0.1) is 11.8 Å². The molecule has 132 valence electrons. The number of nitrogens with zero attached hydrogens (tertiary/aromatic N) is 1. The van der Waals surface area contributed by atoms with Gasteiger partial charge in [-0.3, -0.25) is 24.6 Å². The summed E-state index contributed by atoms with van der Waals surface area (Å²) in [6.45, 7) is 9.35. The minimum Gasteiger partial charge on any atom is -0.324 e. The number of hydrogen-bond donors (Lipinski definition) is 2. The van der Waals surface area contributed by atoms with Crippen molar-refractivity contribution in [3.8, 4) is 0 Å². The third-order valence-corrected chi connectivity index (χ3v) is 5.78. The monoisotopic (exact) mass is 341 g/mol. The molecule has 2 fully saturated rings. The predicted molar refractivity (Wildman–Crippen MR) is 92.7 cm³/mol. The second-order valence-corrected chi connectivity index (χ2v) is 8.38. The van der Waals surface area contributed by atoms with E-state index in [0.717, 1.165) is 16.8 Å². The molecule has 2 N–H and O–H groups in total. The maximum absolute atomic E-state index is 13.3. The Hall–Kier alpha value is -2.21. The Bertz CT molecular complexity index is 826. The number of carbonyl (C=O) groups excluding carboxylic acids is 3. The summed E-state index contributed by atoms with van der Waals surface area (Å²) < 4.78 is 0. The summed E-state index contributed by atoms with van der Waals surface area (Å²) in [7, 11) is 0. The largest absolute Gasteiger partial charge is 0.324 e. The molecule has 6 heteroatoms. The van der Waals surface area contributed by atoms with Gasteiger partial charge in [-0.25, -0.2) is 0 Å². The van der Waals surface area contributed by atoms with Gasteiger partial charge in [0.2, 0.25) is 17.7 Å². The first kappa shape index (κ1) is 16.3. The van der Waals surface area contributed by atoms with E-state index in [1.807, 2.05) is 52.8 Å². The molecule has 1 spiro atoms. The number of carbonyl (C=O) groups is 3. The number of rotatable bonds is 0. The Labute approximate surface area is 147 Å². The minimum atomic E-state index is -1.17. The van der Waals surface area contributed by atoms with E-state index in [9.17, 15) is 14.4 Å². The van der Waals surface area contributed by atoms with E-state index in [1.54, 1.807) is 0 Å². The zero-order chi connectivity index (χ0) is 18.3. The lowest BCUT2D eigenvalue weighted by Gasteiger charge is -2.34. The molecule has 3 heterocycles. The third-order valence-electron chi connectivity index (χ3n) is 5.78. The van der Waals surface area contributed by atoms with Crippen molar-refractivity contribution in [2.24, 2.45) is 11.8 Å². The zero-order valence-electron chi connectivity index (χ0n) is 15.1. The Kier molecular flexibility index (Phi) is 3.06. The summed E-state index contributed by atoms with van der Waals surface area (Å²) in [5.74, 6) is -1.92. The lowest BCUT2D eigenvalue weighted by atomic mass is 9.76. The number of hydrogen-bond acceptors (Lipinski definition) is 4. The smallest absolute Gasteiger partial charge is 0.250 e. The van der Waals surface area contributed by atoms with E-state index in [2.05, 4.69) is 10.6 Å². The van der Waals surface area contributed by atoms with E-state index in [1.165, 1.54) is 4.90 Å². The van der Waals surface area contributed by atoms with Gasteiger partial charge in [-0.1, -0.05) is 18.2 Å². The lowest BCUT2D eigenvalue weighted by molar-refractivity contribution is -0.147. The van der Waals surface area contributed by atoms with Gasteiger partial charge in [0.15, 0.2) is 0 Å². The minimum absolute atomic E-state index is 0.187. The van der Waals surface area contributed by atoms with Gasteiger partial charge in [-0.2, -0.15) is 0 Å². The van der Waals surface area contributed by atoms with E-state index in [-0.39, 0.29) is 23.8 Å². The molecular weight excluding hydrogens is 318 g/mol. The summed E-state index contributed by atoms with van der Waals surface area (Å²) >= 11 is 0. The van der Waals surface area contributed by atoms with E-state index in [4.69, 9.17) is 0 Å². The molecule has 2 saturated heterocycles. The summed E-state index contributed by atoms with van der Waals surface area (Å²) in [6, 6.07) is 5.43. The fourth-order valence-corrected chi connectivity index (χ4v) is 4.80. The van der Waals surface area contributed by atoms with Gasteiger partial charge in [-0.15, -0.1) is 0 Å². The summed E-state index contributed by atoms with van der Waals surface area (Å²) in [4.78, 5) is 40.7. The summed E-state index contributed by atoms with van der Waals surface area (Å²) in [5.41, 5.74) is 0.698. The molecule has 3 amide bonds. The normalized spacial score (nSPS) is 33.9. The number of likely N-dealkylation sites (tertiary alicyclic amines) is 1. The van der Waals surface area contributed by atoms with Crippen LogP contribution in [0.25, 0.3) is 0 Å². The third kappa shape index (κ3) is 1.80. The SMILES string of the molecule is Cc1cccc2c1NC(=O)[C@@]21N[C@@H](C)[C@H]2C(=O)N(C(C)(C)C)C(=O)[C@H]21. The zero-order valence-corrected chi connectivity index (χ0v) is 15.1. The fourth-order valence-electron chi connectivity index (χ4n) is 4.80. The molecule has 3 aliphatic rings. The second kappa shape index (κ2) is 4.69. The average molecular weight is 341 g/mol. The second-order valence-electron chi connectivity index (χ2n) is 8.38. The van der Waals surface area contributed by atoms with E-state index >= 15 is 0 Å². The molecule has 3 aliphatic heterocycles. The van der Waals surface area contributed by atoms with Crippen molar-refractivity contribution in [1.82, 2.24) is 10.2 Å². The van der Waals surface area contributed by atoms with Gasteiger partial charge in [0.25, 0.3) is 0 Å². The first-order valence-corrected chi connectivity index (χ1v) is 8.68. The van der Waals surface area contributed by atoms with Crippen LogP contribution in [0, 0.1) is 18.8 Å². The number of imide groups is 1. The number of fused-ring (bicyclic) bond motifs is 4. The molecule has 1 aromatic rings. The van der Waals surface area contributed by atoms with Gasteiger partial charge in [0, 0.05) is 22.8 Å². The lowest BCUT2D eigenvalue weighted by Crippen LogP contribution is -2.55. The molecule has 6 nitrogen and oxygen atoms in total. The van der Waals surface area contributed by atoms with Crippen molar-refractivity contribution in [2.45, 2.75) is 51.7 Å². The summed E-state index contributed by atoms with van der Waals surface area (Å²) in [5, 5.41) is 6.25. The molecule has 0 aliphatic carbocycles. The molecule has 25 heavy (non-hydrogen) atoms. The fraction of sp³-hybridized carbons (Fsp3) is 0.526. The number of anilines is 1. The molecule has 4 atom stereocenters. The molecule has 0 radical (unpaired) electrons. The maximum atomic E-state index is 13.3. The van der Waals surface area contributed by atoms with Crippen LogP contribution in [0.1, 0.15) is 38.8 Å². The van der Waals surface area contributed by atoms with Crippen molar-refractivity contribution >= 4 is 23.4 Å². The highest BCUT2D eigenvalue weighted by atomic mass is 16.2. The van der Waals surface area contributed by atoms with E-state index in [0.29, 0.717) is 0 Å². The number of benzene rings is 1. The average Bonchev–Trinajstić information content (AvgIpc) is 3.05. The van der Waals surface area contributed by atoms with Crippen LogP contribution in [0.2, 0.25) is 0 Å². The van der Waals surface area contributed by atoms with Gasteiger partial charge < -0.3 is 5.32 Å². The number of para-hydroxylation sites is 1. The predicted octanol–water partition coefficient (Wildman–Crippen LogP) is 1.53. The molecule has 4 rings (SSSR count). The quantitative estimate of drug-likeness (QED) is 0.702. The van der Waals surface area contributed by atoms with Crippen LogP contribution < -0.4 is 10.6 Å². The molecule has 0 bridgehead atoms. The van der Waals surface area contributed by atoms with Crippen LogP contribution in [0.3, 0.4) is 0 Å². The Balaban J connectivity index is 1.93. The molecule has 1 aromatic carbocycles. The Morgan fingerprint density at radius 3 is 2.44 bits per heavy atom. The van der Waals surface area contributed by atoms with Gasteiger partial charge >= 0.3 is 0 Å². The molecule has 0 aromatic heterocycles. The topological polar surface area (TPSA) is 78.5 Å². The molecule has 0 unspecified atom stereocenters. The summed E-state index contributed by atoms with van der Waals surface area (Å²) in [6.07, 6.45) is 0. The number of aryl methyl sites for hydroxylation is 1. The van der Waals surface area contributed by atoms with Gasteiger partial charge in [-0.05, 0) is 40.2 Å². The van der Waals surface area contributed by atoms with Gasteiger partial charge in [0.1, 0.15) is 5.54 Å². The highest BCUT2D eigenvalue weighted by Crippen LogP contribution is 2.54. The Morgan fingerprint density at radius 1 is 1.12 bits per heavy atom. The van der Waals surface area contributed by atoms with Crippen LogP contribution >= 0.6 is 0 Å². The maximum Gasteiger partial charge on any atom is 0.250 e. The van der Waals surface area contributed by atoms with Crippen LogP contribution in [0.5, 0.6) is 0 Å². The van der Waals surface area contributed by atoms with Crippen molar-refractivity contribution in [2.75, 3.05) is 5.32 Å². The van der Waals surface area contributed by atoms with E-state index < -0.39 is 22.9 Å². The number of amides is 3. The first-order valence-electron chi connectivity index (χ1n) is 8.68. The Morgan fingerprint density at radius 2 is 1.80 bits per heavy atom. The highest BCUT2D eigenvalue weighted by Gasteiger charge is 2.70. The molecular formula is C19H23N3O3.